The molecule has 0 aliphatic rings. The molecule has 0 unspecified atom stereocenters. The highest BCUT2D eigenvalue weighted by molar-refractivity contribution is 7.17. The third kappa shape index (κ3) is 4.02. The van der Waals surface area contributed by atoms with Gasteiger partial charge in [-0.25, -0.2) is 9.37 Å². The molecule has 7 heteroatoms. The Morgan fingerprint density at radius 1 is 1.13 bits per heavy atom. The normalized spacial score (nSPS) is 11.2. The van der Waals surface area contributed by atoms with Crippen molar-refractivity contribution in [1.29, 1.82) is 0 Å². The van der Waals surface area contributed by atoms with E-state index in [9.17, 15) is 14.0 Å². The zero-order valence-electron chi connectivity index (χ0n) is 16.5. The van der Waals surface area contributed by atoms with Crippen molar-refractivity contribution in [2.24, 2.45) is 0 Å². The molecule has 0 radical (unpaired) electrons. The minimum Gasteiger partial charge on any atom is -0.491 e. The molecular formula is C23H19FN2O3S. The highest BCUT2D eigenvalue weighted by Gasteiger charge is 2.15. The van der Waals surface area contributed by atoms with E-state index in [4.69, 9.17) is 4.74 Å². The molecule has 30 heavy (non-hydrogen) atoms. The molecule has 4 aromatic rings. The van der Waals surface area contributed by atoms with Crippen LogP contribution in [0.15, 0.2) is 65.0 Å². The van der Waals surface area contributed by atoms with Crippen molar-refractivity contribution >= 4 is 27.3 Å². The molecule has 2 heterocycles. The highest BCUT2D eigenvalue weighted by Crippen LogP contribution is 2.30. The summed E-state index contributed by atoms with van der Waals surface area (Å²) in [6, 6.07) is 12.8. The van der Waals surface area contributed by atoms with E-state index in [1.807, 2.05) is 19.2 Å². The van der Waals surface area contributed by atoms with Crippen LogP contribution in [0.25, 0.3) is 21.3 Å². The molecular weight excluding hydrogens is 403 g/mol. The third-order valence-electron chi connectivity index (χ3n) is 4.58. The van der Waals surface area contributed by atoms with Gasteiger partial charge in [-0.2, -0.15) is 0 Å². The summed E-state index contributed by atoms with van der Waals surface area (Å²) < 4.78 is 20.2. The average Bonchev–Trinajstić information content (AvgIpc) is 3.15. The minimum absolute atomic E-state index is 0.0452. The Kier molecular flexibility index (Phi) is 5.46. The number of carbonyl (C=O) groups excluding carboxylic acids is 1. The van der Waals surface area contributed by atoms with Gasteiger partial charge in [0.25, 0.3) is 5.56 Å². The average molecular weight is 422 g/mol. The van der Waals surface area contributed by atoms with E-state index in [1.54, 1.807) is 36.4 Å². The number of carbonyl (C=O) groups is 1. The topological polar surface area (TPSA) is 61.2 Å². The first-order valence-corrected chi connectivity index (χ1v) is 10.3. The lowest BCUT2D eigenvalue weighted by atomic mass is 10.1. The predicted molar refractivity (Wildman–Crippen MR) is 116 cm³/mol. The SMILES string of the molecule is CC(C)Oc1ccc(C(=O)Cn2cnc3scc(-c4ccc(F)cc4)c3c2=O)cc1. The summed E-state index contributed by atoms with van der Waals surface area (Å²) >= 11 is 1.34. The van der Waals surface area contributed by atoms with Gasteiger partial charge in [0.05, 0.1) is 24.4 Å². The Bertz CT molecular complexity index is 1260. The molecule has 0 fully saturated rings. The Morgan fingerprint density at radius 3 is 2.50 bits per heavy atom. The molecule has 2 aromatic heterocycles. The van der Waals surface area contributed by atoms with E-state index in [1.165, 1.54) is 34.4 Å². The van der Waals surface area contributed by atoms with Crippen molar-refractivity contribution in [3.05, 3.63) is 82.0 Å². The molecule has 152 valence electrons. The van der Waals surface area contributed by atoms with Crippen LogP contribution in [0.1, 0.15) is 24.2 Å². The lowest BCUT2D eigenvalue weighted by Gasteiger charge is -2.10. The number of thiophene rings is 1. The summed E-state index contributed by atoms with van der Waals surface area (Å²) in [5.41, 5.74) is 1.60. The van der Waals surface area contributed by atoms with Gasteiger partial charge in [0.2, 0.25) is 0 Å². The lowest BCUT2D eigenvalue weighted by Crippen LogP contribution is -2.24. The first-order valence-electron chi connectivity index (χ1n) is 9.45. The van der Waals surface area contributed by atoms with E-state index in [0.717, 1.165) is 5.56 Å². The van der Waals surface area contributed by atoms with Crippen LogP contribution in [0.3, 0.4) is 0 Å². The van der Waals surface area contributed by atoms with E-state index < -0.39 is 0 Å². The van der Waals surface area contributed by atoms with Gasteiger partial charge in [0.1, 0.15) is 16.4 Å². The summed E-state index contributed by atoms with van der Waals surface area (Å²) in [6.45, 7) is 3.74. The van der Waals surface area contributed by atoms with E-state index in [0.29, 0.717) is 27.1 Å². The summed E-state index contributed by atoms with van der Waals surface area (Å²) in [4.78, 5) is 30.7. The molecule has 0 N–H and O–H groups in total. The van der Waals surface area contributed by atoms with Crippen molar-refractivity contribution < 1.29 is 13.9 Å². The molecule has 0 atom stereocenters. The Balaban J connectivity index is 1.64. The van der Waals surface area contributed by atoms with Crippen LogP contribution in [0.4, 0.5) is 4.39 Å². The van der Waals surface area contributed by atoms with Crippen molar-refractivity contribution in [3.63, 3.8) is 0 Å². The number of halogens is 1. The largest absolute Gasteiger partial charge is 0.491 e. The minimum atomic E-state index is -0.343. The summed E-state index contributed by atoms with van der Waals surface area (Å²) in [7, 11) is 0. The number of nitrogens with zero attached hydrogens (tertiary/aromatic N) is 2. The second kappa shape index (κ2) is 8.20. The highest BCUT2D eigenvalue weighted by atomic mass is 32.1. The van der Waals surface area contributed by atoms with Crippen LogP contribution < -0.4 is 10.3 Å². The van der Waals surface area contributed by atoms with Gasteiger partial charge in [-0.1, -0.05) is 12.1 Å². The first kappa shape index (κ1) is 20.0. The number of hydrogen-bond acceptors (Lipinski definition) is 5. The Labute approximate surface area is 176 Å². The van der Waals surface area contributed by atoms with E-state index in [-0.39, 0.29) is 29.8 Å². The first-order chi connectivity index (χ1) is 14.4. The zero-order valence-corrected chi connectivity index (χ0v) is 17.3. The van der Waals surface area contributed by atoms with Crippen LogP contribution in [-0.4, -0.2) is 21.4 Å². The van der Waals surface area contributed by atoms with Gasteiger partial charge >= 0.3 is 0 Å². The third-order valence-corrected chi connectivity index (χ3v) is 5.46. The number of ketones is 1. The van der Waals surface area contributed by atoms with Gasteiger partial charge in [0.15, 0.2) is 5.78 Å². The fraction of sp³-hybridized carbons (Fsp3) is 0.174. The van der Waals surface area contributed by atoms with Crippen LogP contribution in [0.2, 0.25) is 0 Å². The number of aromatic nitrogens is 2. The second-order valence-corrected chi connectivity index (χ2v) is 7.99. The quantitative estimate of drug-likeness (QED) is 0.413. The molecule has 0 aliphatic heterocycles. The fourth-order valence-electron chi connectivity index (χ4n) is 3.16. The van der Waals surface area contributed by atoms with E-state index >= 15 is 0 Å². The second-order valence-electron chi connectivity index (χ2n) is 7.13. The standard InChI is InChI=1S/C23H19FN2O3S/c1-14(2)29-18-9-5-16(6-10-18)20(27)11-26-13-25-22-21(23(26)28)19(12-30-22)15-3-7-17(24)8-4-15/h3-10,12-14H,11H2,1-2H3. The van der Waals surface area contributed by atoms with Gasteiger partial charge in [-0.05, 0) is 55.8 Å². The predicted octanol–water partition coefficient (Wildman–Crippen LogP) is 4.93. The van der Waals surface area contributed by atoms with Crippen molar-refractivity contribution in [2.45, 2.75) is 26.5 Å². The summed E-state index contributed by atoms with van der Waals surface area (Å²) in [5, 5.41) is 2.26. The molecule has 0 saturated carbocycles. The molecule has 5 nitrogen and oxygen atoms in total. The molecule has 0 amide bonds. The van der Waals surface area contributed by atoms with Crippen LogP contribution in [0.5, 0.6) is 5.75 Å². The summed E-state index contributed by atoms with van der Waals surface area (Å²) in [5.74, 6) is 0.140. The van der Waals surface area contributed by atoms with Crippen LogP contribution >= 0.6 is 11.3 Å². The Morgan fingerprint density at radius 2 is 1.83 bits per heavy atom. The monoisotopic (exact) mass is 422 g/mol. The van der Waals surface area contributed by atoms with E-state index in [2.05, 4.69) is 4.98 Å². The molecule has 0 bridgehead atoms. The zero-order chi connectivity index (χ0) is 21.3. The fourth-order valence-corrected chi connectivity index (χ4v) is 4.07. The number of ether oxygens (including phenoxy) is 1. The number of fused-ring (bicyclic) bond motifs is 1. The van der Waals surface area contributed by atoms with Crippen molar-refractivity contribution in [1.82, 2.24) is 9.55 Å². The maximum atomic E-state index is 13.3. The van der Waals surface area contributed by atoms with Gasteiger partial charge < -0.3 is 4.74 Å². The number of rotatable bonds is 6. The number of hydrogen-bond donors (Lipinski definition) is 0. The van der Waals surface area contributed by atoms with Crippen LogP contribution in [-0.2, 0) is 6.54 Å². The molecule has 0 saturated heterocycles. The maximum absolute atomic E-state index is 13.3. The number of benzene rings is 2. The lowest BCUT2D eigenvalue weighted by molar-refractivity contribution is 0.0970. The number of Topliss-reactive ketones (excluding diaryl/α,β-unsaturated/α-hetero) is 1. The molecule has 2 aromatic carbocycles. The molecule has 0 spiro atoms. The smallest absolute Gasteiger partial charge is 0.263 e. The maximum Gasteiger partial charge on any atom is 0.263 e. The molecule has 4 rings (SSSR count). The van der Waals surface area contributed by atoms with Gasteiger partial charge in [-0.3, -0.25) is 14.2 Å². The van der Waals surface area contributed by atoms with Gasteiger partial charge in [0, 0.05) is 16.5 Å². The van der Waals surface area contributed by atoms with Crippen molar-refractivity contribution in [3.8, 4) is 16.9 Å². The van der Waals surface area contributed by atoms with Crippen molar-refractivity contribution in [2.75, 3.05) is 0 Å². The van der Waals surface area contributed by atoms with Gasteiger partial charge in [-0.15, -0.1) is 11.3 Å². The summed E-state index contributed by atoms with van der Waals surface area (Å²) in [6.07, 6.45) is 1.44. The van der Waals surface area contributed by atoms with Crippen LogP contribution in [0, 0.1) is 5.82 Å². The Hall–Kier alpha value is -3.32. The molecule has 0 aliphatic carbocycles.